The van der Waals surface area contributed by atoms with Gasteiger partial charge in [-0.15, -0.1) is 0 Å². The molecule has 0 unspecified atom stereocenters. The summed E-state index contributed by atoms with van der Waals surface area (Å²) in [5, 5.41) is 8.53. The van der Waals surface area contributed by atoms with Crippen LogP contribution in [0.3, 0.4) is 0 Å². The normalized spacial score (nSPS) is 10.7. The third kappa shape index (κ3) is 12.4. The van der Waals surface area contributed by atoms with Crippen LogP contribution in [0.25, 0.3) is 0 Å². The summed E-state index contributed by atoms with van der Waals surface area (Å²) in [6.45, 7) is 2.25. The molecule has 0 aliphatic heterocycles. The summed E-state index contributed by atoms with van der Waals surface area (Å²) in [5.74, 6) is -0.151. The molecule has 0 aliphatic carbocycles. The second-order valence-corrected chi connectivity index (χ2v) is 7.53. The van der Waals surface area contributed by atoms with Gasteiger partial charge in [-0.1, -0.05) is 95.4 Å². The molecule has 1 aromatic rings. The lowest BCUT2D eigenvalue weighted by molar-refractivity contribution is -0.128. The standard InChI is InChI=1S/C23H37NO3/c1-2-3-4-5-6-7-8-9-10-11-12-13-22(25)18-20-14-16-21(17-15-20)19-23(26)24-27/h14-17,27H,2-13,18-19H2,1H3,(H,24,26). The summed E-state index contributed by atoms with van der Waals surface area (Å²) < 4.78 is 0. The Kier molecular flexibility index (Phi) is 13.3. The first-order valence-electron chi connectivity index (χ1n) is 10.7. The van der Waals surface area contributed by atoms with Gasteiger partial charge in [-0.25, -0.2) is 5.48 Å². The quantitative estimate of drug-likeness (QED) is 0.226. The van der Waals surface area contributed by atoms with Crippen LogP contribution >= 0.6 is 0 Å². The van der Waals surface area contributed by atoms with E-state index in [0.29, 0.717) is 12.8 Å². The molecular weight excluding hydrogens is 338 g/mol. The van der Waals surface area contributed by atoms with Gasteiger partial charge in [0, 0.05) is 12.8 Å². The molecular formula is C23H37NO3. The van der Waals surface area contributed by atoms with Crippen molar-refractivity contribution in [2.75, 3.05) is 0 Å². The van der Waals surface area contributed by atoms with Crippen LogP contribution in [0.15, 0.2) is 24.3 Å². The first-order chi connectivity index (χ1) is 13.2. The number of unbranched alkanes of at least 4 members (excludes halogenated alkanes) is 10. The van der Waals surface area contributed by atoms with Gasteiger partial charge in [-0.05, 0) is 17.5 Å². The lowest BCUT2D eigenvalue weighted by Crippen LogP contribution is -2.20. The van der Waals surface area contributed by atoms with Crippen LogP contribution < -0.4 is 5.48 Å². The average molecular weight is 376 g/mol. The second-order valence-electron chi connectivity index (χ2n) is 7.53. The zero-order chi connectivity index (χ0) is 19.7. The van der Waals surface area contributed by atoms with Crippen LogP contribution in [0.4, 0.5) is 0 Å². The van der Waals surface area contributed by atoms with Crippen molar-refractivity contribution >= 4 is 11.7 Å². The summed E-state index contributed by atoms with van der Waals surface area (Å²) in [6.07, 6.45) is 15.5. The van der Waals surface area contributed by atoms with Gasteiger partial charge in [-0.3, -0.25) is 14.8 Å². The van der Waals surface area contributed by atoms with Gasteiger partial charge in [0.2, 0.25) is 5.91 Å². The van der Waals surface area contributed by atoms with E-state index in [9.17, 15) is 9.59 Å². The zero-order valence-corrected chi connectivity index (χ0v) is 17.0. The Labute approximate surface area is 164 Å². The van der Waals surface area contributed by atoms with Crippen molar-refractivity contribution in [3.8, 4) is 0 Å². The number of hydrogen-bond donors (Lipinski definition) is 2. The highest BCUT2D eigenvalue weighted by molar-refractivity contribution is 5.81. The summed E-state index contributed by atoms with van der Waals surface area (Å²) in [7, 11) is 0. The molecule has 0 heterocycles. The van der Waals surface area contributed by atoms with E-state index in [1.54, 1.807) is 5.48 Å². The fraction of sp³-hybridized carbons (Fsp3) is 0.652. The maximum absolute atomic E-state index is 12.1. The number of benzene rings is 1. The van der Waals surface area contributed by atoms with E-state index in [-0.39, 0.29) is 12.2 Å². The van der Waals surface area contributed by atoms with E-state index in [1.807, 2.05) is 24.3 Å². The van der Waals surface area contributed by atoms with Crippen molar-refractivity contribution in [2.24, 2.45) is 0 Å². The number of hydroxylamine groups is 1. The average Bonchev–Trinajstić information content (AvgIpc) is 2.67. The molecule has 1 amide bonds. The third-order valence-corrected chi connectivity index (χ3v) is 4.97. The molecule has 0 fully saturated rings. The number of hydrogen-bond acceptors (Lipinski definition) is 3. The first kappa shape index (κ1) is 23.4. The maximum atomic E-state index is 12.1. The van der Waals surface area contributed by atoms with Crippen LogP contribution in [0.5, 0.6) is 0 Å². The van der Waals surface area contributed by atoms with Crippen LogP contribution in [-0.2, 0) is 22.4 Å². The Morgan fingerprint density at radius 1 is 0.741 bits per heavy atom. The number of carbonyl (C=O) groups excluding carboxylic acids is 2. The molecule has 1 rings (SSSR count). The van der Waals surface area contributed by atoms with Gasteiger partial charge in [0.05, 0.1) is 6.42 Å². The molecule has 0 saturated carbocycles. The summed E-state index contributed by atoms with van der Waals surface area (Å²) in [4.78, 5) is 23.2. The highest BCUT2D eigenvalue weighted by Crippen LogP contribution is 2.13. The molecule has 0 atom stereocenters. The predicted molar refractivity (Wildman–Crippen MR) is 110 cm³/mol. The van der Waals surface area contributed by atoms with Crippen LogP contribution in [0, 0.1) is 0 Å². The molecule has 1 aromatic carbocycles. The molecule has 152 valence electrons. The summed E-state index contributed by atoms with van der Waals surface area (Å²) in [6, 6.07) is 7.44. The monoisotopic (exact) mass is 375 g/mol. The van der Waals surface area contributed by atoms with Crippen molar-refractivity contribution in [3.63, 3.8) is 0 Å². The predicted octanol–water partition coefficient (Wildman–Crippen LogP) is 5.55. The number of Topliss-reactive ketones (excluding diaryl/α,β-unsaturated/α-hetero) is 1. The largest absolute Gasteiger partial charge is 0.299 e. The van der Waals surface area contributed by atoms with E-state index in [0.717, 1.165) is 24.0 Å². The smallest absolute Gasteiger partial charge is 0.247 e. The molecule has 4 heteroatoms. The van der Waals surface area contributed by atoms with Crippen LogP contribution in [0.2, 0.25) is 0 Å². The molecule has 2 N–H and O–H groups in total. The number of ketones is 1. The van der Waals surface area contributed by atoms with Gasteiger partial charge in [-0.2, -0.15) is 0 Å². The van der Waals surface area contributed by atoms with Gasteiger partial charge in [0.15, 0.2) is 0 Å². The number of rotatable bonds is 16. The minimum absolute atomic E-state index is 0.142. The van der Waals surface area contributed by atoms with Crippen molar-refractivity contribution in [1.82, 2.24) is 5.48 Å². The highest BCUT2D eigenvalue weighted by atomic mass is 16.5. The van der Waals surface area contributed by atoms with Crippen molar-refractivity contribution < 1.29 is 14.8 Å². The first-order valence-corrected chi connectivity index (χ1v) is 10.7. The van der Waals surface area contributed by atoms with E-state index in [2.05, 4.69) is 6.92 Å². The van der Waals surface area contributed by atoms with E-state index in [4.69, 9.17) is 5.21 Å². The lowest BCUT2D eigenvalue weighted by Gasteiger charge is -2.05. The summed E-state index contributed by atoms with van der Waals surface area (Å²) >= 11 is 0. The van der Waals surface area contributed by atoms with E-state index in [1.165, 1.54) is 57.8 Å². The van der Waals surface area contributed by atoms with Gasteiger partial charge < -0.3 is 0 Å². The minimum Gasteiger partial charge on any atom is -0.299 e. The maximum Gasteiger partial charge on any atom is 0.247 e. The molecule has 0 aromatic heterocycles. The Hall–Kier alpha value is -1.68. The fourth-order valence-corrected chi connectivity index (χ4v) is 3.30. The Morgan fingerprint density at radius 2 is 1.19 bits per heavy atom. The van der Waals surface area contributed by atoms with Crippen molar-refractivity contribution in [2.45, 2.75) is 96.8 Å². The fourth-order valence-electron chi connectivity index (χ4n) is 3.30. The molecule has 4 nitrogen and oxygen atoms in total. The molecule has 0 saturated heterocycles. The van der Waals surface area contributed by atoms with Crippen LogP contribution in [-0.4, -0.2) is 16.9 Å². The van der Waals surface area contributed by atoms with Gasteiger partial charge in [0.1, 0.15) is 5.78 Å². The second kappa shape index (κ2) is 15.4. The Balaban J connectivity index is 2.03. The molecule has 27 heavy (non-hydrogen) atoms. The number of carbonyl (C=O) groups is 2. The number of nitrogens with one attached hydrogen (secondary N) is 1. The van der Waals surface area contributed by atoms with E-state index < -0.39 is 5.91 Å². The molecule has 0 radical (unpaired) electrons. The lowest BCUT2D eigenvalue weighted by atomic mass is 10.0. The zero-order valence-electron chi connectivity index (χ0n) is 17.0. The van der Waals surface area contributed by atoms with Gasteiger partial charge in [0.25, 0.3) is 0 Å². The van der Waals surface area contributed by atoms with Crippen LogP contribution in [0.1, 0.15) is 95.1 Å². The topological polar surface area (TPSA) is 66.4 Å². The number of amides is 1. The molecule has 0 spiro atoms. The van der Waals surface area contributed by atoms with Crippen molar-refractivity contribution in [3.05, 3.63) is 35.4 Å². The van der Waals surface area contributed by atoms with Crippen molar-refractivity contribution in [1.29, 1.82) is 0 Å². The van der Waals surface area contributed by atoms with E-state index >= 15 is 0 Å². The Morgan fingerprint density at radius 3 is 1.67 bits per heavy atom. The third-order valence-electron chi connectivity index (χ3n) is 4.97. The minimum atomic E-state index is -0.435. The Bertz CT molecular complexity index is 525. The highest BCUT2D eigenvalue weighted by Gasteiger charge is 2.06. The SMILES string of the molecule is CCCCCCCCCCCCCC(=O)Cc1ccc(CC(=O)NO)cc1. The van der Waals surface area contributed by atoms with Gasteiger partial charge >= 0.3 is 0 Å². The summed E-state index contributed by atoms with van der Waals surface area (Å²) in [5.41, 5.74) is 3.43. The molecule has 0 aliphatic rings. The molecule has 0 bridgehead atoms.